The van der Waals surface area contributed by atoms with Gasteiger partial charge in [0, 0.05) is 30.8 Å². The van der Waals surface area contributed by atoms with Crippen molar-refractivity contribution in [1.29, 1.82) is 0 Å². The van der Waals surface area contributed by atoms with E-state index < -0.39 is 0 Å². The Morgan fingerprint density at radius 1 is 1.39 bits per heavy atom. The number of hydrogen-bond donors (Lipinski definition) is 1. The Morgan fingerprint density at radius 2 is 2.11 bits per heavy atom. The standard InChI is InChI=1S/C13H18N2O3/c16-9-8-14(12-5-3-6-12)10-11-4-1-2-7-13(11)15(17)18/h1-2,4,7,12,16H,3,5-6,8-10H2. The molecular weight excluding hydrogens is 232 g/mol. The molecule has 5 heteroatoms. The fourth-order valence-corrected chi connectivity index (χ4v) is 2.31. The molecule has 0 aliphatic heterocycles. The highest BCUT2D eigenvalue weighted by Crippen LogP contribution is 2.28. The molecular formula is C13H18N2O3. The van der Waals surface area contributed by atoms with Crippen LogP contribution in [-0.2, 0) is 6.54 Å². The fourth-order valence-electron chi connectivity index (χ4n) is 2.31. The smallest absolute Gasteiger partial charge is 0.273 e. The maximum Gasteiger partial charge on any atom is 0.273 e. The third-order valence-electron chi connectivity index (χ3n) is 3.54. The summed E-state index contributed by atoms with van der Waals surface area (Å²) in [6.45, 7) is 1.22. The topological polar surface area (TPSA) is 66.6 Å². The second-order valence-electron chi connectivity index (χ2n) is 4.66. The lowest BCUT2D eigenvalue weighted by atomic mass is 9.91. The largest absolute Gasteiger partial charge is 0.395 e. The van der Waals surface area contributed by atoms with Gasteiger partial charge in [0.25, 0.3) is 5.69 Å². The summed E-state index contributed by atoms with van der Waals surface area (Å²) >= 11 is 0. The molecule has 1 aromatic rings. The lowest BCUT2D eigenvalue weighted by molar-refractivity contribution is -0.385. The minimum Gasteiger partial charge on any atom is -0.395 e. The van der Waals surface area contributed by atoms with Crippen LogP contribution in [0.2, 0.25) is 0 Å². The van der Waals surface area contributed by atoms with Crippen molar-refractivity contribution in [1.82, 2.24) is 4.90 Å². The van der Waals surface area contributed by atoms with Gasteiger partial charge in [-0.2, -0.15) is 0 Å². The molecule has 0 unspecified atom stereocenters. The summed E-state index contributed by atoms with van der Waals surface area (Å²) in [5.41, 5.74) is 0.891. The number of aliphatic hydroxyl groups is 1. The van der Waals surface area contributed by atoms with Gasteiger partial charge in [-0.3, -0.25) is 15.0 Å². The Kier molecular flexibility index (Phi) is 4.28. The minimum absolute atomic E-state index is 0.0944. The third-order valence-corrected chi connectivity index (χ3v) is 3.54. The third kappa shape index (κ3) is 2.86. The van der Waals surface area contributed by atoms with Gasteiger partial charge >= 0.3 is 0 Å². The summed E-state index contributed by atoms with van der Waals surface area (Å²) in [4.78, 5) is 12.8. The summed E-state index contributed by atoms with van der Waals surface area (Å²) in [7, 11) is 0. The quantitative estimate of drug-likeness (QED) is 0.619. The van der Waals surface area contributed by atoms with Gasteiger partial charge in [0.1, 0.15) is 0 Å². The monoisotopic (exact) mass is 250 g/mol. The second kappa shape index (κ2) is 5.93. The molecule has 2 rings (SSSR count). The molecule has 1 saturated carbocycles. The van der Waals surface area contributed by atoms with Crippen LogP contribution in [0.25, 0.3) is 0 Å². The van der Waals surface area contributed by atoms with Crippen LogP contribution in [0.1, 0.15) is 24.8 Å². The van der Waals surface area contributed by atoms with Crippen molar-refractivity contribution in [3.8, 4) is 0 Å². The first-order valence-electron chi connectivity index (χ1n) is 6.29. The Balaban J connectivity index is 2.12. The molecule has 0 saturated heterocycles. The Morgan fingerprint density at radius 3 is 2.67 bits per heavy atom. The number of nitrogens with zero attached hydrogens (tertiary/aromatic N) is 2. The number of hydrogen-bond acceptors (Lipinski definition) is 4. The van der Waals surface area contributed by atoms with Gasteiger partial charge in [-0.25, -0.2) is 0 Å². The van der Waals surface area contributed by atoms with Crippen LogP contribution in [0.5, 0.6) is 0 Å². The molecule has 1 fully saturated rings. The minimum atomic E-state index is -0.340. The molecule has 1 aliphatic carbocycles. The molecule has 0 heterocycles. The van der Waals surface area contributed by atoms with E-state index in [0.29, 0.717) is 19.1 Å². The van der Waals surface area contributed by atoms with Crippen LogP contribution in [0.3, 0.4) is 0 Å². The average Bonchev–Trinajstić information content (AvgIpc) is 2.27. The van der Waals surface area contributed by atoms with Crippen molar-refractivity contribution < 1.29 is 10.0 Å². The van der Waals surface area contributed by atoms with Gasteiger partial charge in [0.05, 0.1) is 11.5 Å². The second-order valence-corrected chi connectivity index (χ2v) is 4.66. The van der Waals surface area contributed by atoms with Crippen molar-refractivity contribution in [2.75, 3.05) is 13.2 Å². The Labute approximate surface area is 106 Å². The number of nitro benzene ring substituents is 1. The highest BCUT2D eigenvalue weighted by atomic mass is 16.6. The molecule has 5 nitrogen and oxygen atoms in total. The number of aliphatic hydroxyl groups excluding tert-OH is 1. The van der Waals surface area contributed by atoms with Crippen molar-refractivity contribution in [2.24, 2.45) is 0 Å². The first kappa shape index (κ1) is 13.0. The van der Waals surface area contributed by atoms with Crippen LogP contribution >= 0.6 is 0 Å². The molecule has 1 aliphatic rings. The predicted octanol–water partition coefficient (Wildman–Crippen LogP) is 1.94. The summed E-state index contributed by atoms with van der Waals surface area (Å²) in [5, 5.41) is 20.0. The van der Waals surface area contributed by atoms with E-state index in [1.807, 2.05) is 6.07 Å². The molecule has 0 radical (unpaired) electrons. The molecule has 0 bridgehead atoms. The summed E-state index contributed by atoms with van der Waals surface area (Å²) < 4.78 is 0. The average molecular weight is 250 g/mol. The van der Waals surface area contributed by atoms with Gasteiger partial charge in [-0.15, -0.1) is 0 Å². The number of rotatable bonds is 6. The fraction of sp³-hybridized carbons (Fsp3) is 0.538. The van der Waals surface area contributed by atoms with E-state index >= 15 is 0 Å². The maximum absolute atomic E-state index is 11.0. The van der Waals surface area contributed by atoms with E-state index in [1.165, 1.54) is 12.5 Å². The van der Waals surface area contributed by atoms with Crippen LogP contribution in [0, 0.1) is 10.1 Å². The molecule has 1 N–H and O–H groups in total. The lowest BCUT2D eigenvalue weighted by Gasteiger charge is -2.37. The molecule has 1 aromatic carbocycles. The summed E-state index contributed by atoms with van der Waals surface area (Å²) in [5.74, 6) is 0. The van der Waals surface area contributed by atoms with Crippen molar-refractivity contribution >= 4 is 5.69 Å². The van der Waals surface area contributed by atoms with Gasteiger partial charge in [0.15, 0.2) is 0 Å². The first-order valence-corrected chi connectivity index (χ1v) is 6.29. The molecule has 0 atom stereocenters. The van der Waals surface area contributed by atoms with Crippen molar-refractivity contribution in [3.05, 3.63) is 39.9 Å². The zero-order valence-electron chi connectivity index (χ0n) is 10.3. The SMILES string of the molecule is O=[N+]([O-])c1ccccc1CN(CCO)C1CCC1. The zero-order valence-corrected chi connectivity index (χ0v) is 10.3. The van der Waals surface area contributed by atoms with Gasteiger partial charge in [-0.1, -0.05) is 24.6 Å². The van der Waals surface area contributed by atoms with E-state index in [0.717, 1.165) is 18.4 Å². The van der Waals surface area contributed by atoms with E-state index in [1.54, 1.807) is 12.1 Å². The van der Waals surface area contributed by atoms with Crippen molar-refractivity contribution in [3.63, 3.8) is 0 Å². The van der Waals surface area contributed by atoms with Crippen LogP contribution < -0.4 is 0 Å². The Bertz CT molecular complexity index is 418. The molecule has 0 amide bonds. The van der Waals surface area contributed by atoms with Crippen molar-refractivity contribution in [2.45, 2.75) is 31.8 Å². The number of benzene rings is 1. The van der Waals surface area contributed by atoms with Crippen LogP contribution in [-0.4, -0.2) is 34.1 Å². The Hall–Kier alpha value is -1.46. The summed E-state index contributed by atoms with van der Waals surface area (Å²) in [6.07, 6.45) is 3.46. The molecule has 98 valence electrons. The number of para-hydroxylation sites is 1. The van der Waals surface area contributed by atoms with E-state index in [2.05, 4.69) is 4.90 Å². The van der Waals surface area contributed by atoms with Crippen LogP contribution in [0.4, 0.5) is 5.69 Å². The lowest BCUT2D eigenvalue weighted by Crippen LogP contribution is -2.41. The predicted molar refractivity (Wildman–Crippen MR) is 68.2 cm³/mol. The molecule has 18 heavy (non-hydrogen) atoms. The van der Waals surface area contributed by atoms with E-state index in [9.17, 15) is 10.1 Å². The van der Waals surface area contributed by atoms with E-state index in [-0.39, 0.29) is 17.2 Å². The maximum atomic E-state index is 11.0. The normalized spacial score (nSPS) is 15.7. The first-order chi connectivity index (χ1) is 8.72. The molecule has 0 aromatic heterocycles. The highest BCUT2D eigenvalue weighted by Gasteiger charge is 2.26. The number of nitro groups is 1. The van der Waals surface area contributed by atoms with Crippen LogP contribution in [0.15, 0.2) is 24.3 Å². The van der Waals surface area contributed by atoms with E-state index in [4.69, 9.17) is 5.11 Å². The van der Waals surface area contributed by atoms with Gasteiger partial charge in [0.2, 0.25) is 0 Å². The highest BCUT2D eigenvalue weighted by molar-refractivity contribution is 5.39. The van der Waals surface area contributed by atoms with Gasteiger partial charge in [-0.05, 0) is 12.8 Å². The zero-order chi connectivity index (χ0) is 13.0. The van der Waals surface area contributed by atoms with Gasteiger partial charge < -0.3 is 5.11 Å². The molecule has 0 spiro atoms. The summed E-state index contributed by atoms with van der Waals surface area (Å²) in [6, 6.07) is 7.30.